The fourth-order valence-corrected chi connectivity index (χ4v) is 2.51. The van der Waals surface area contributed by atoms with Crippen molar-refractivity contribution in [3.05, 3.63) is 35.9 Å². The highest BCUT2D eigenvalue weighted by atomic mass is 16.2. The smallest absolute Gasteiger partial charge is 0.236 e. The molecule has 22 heavy (non-hydrogen) atoms. The molecule has 2 amide bonds. The third kappa shape index (κ3) is 4.31. The maximum atomic E-state index is 12.0. The summed E-state index contributed by atoms with van der Waals surface area (Å²) in [5.41, 5.74) is 1.42. The molecule has 2 rings (SSSR count). The average Bonchev–Trinajstić information content (AvgIpc) is 3.27. The van der Waals surface area contributed by atoms with Crippen LogP contribution in [0, 0.1) is 0 Å². The number of hydrogen-bond donors (Lipinski definition) is 1. The third-order valence-electron chi connectivity index (χ3n) is 4.18. The van der Waals surface area contributed by atoms with E-state index in [4.69, 9.17) is 0 Å². The Morgan fingerprint density at radius 1 is 1.09 bits per heavy atom. The van der Waals surface area contributed by atoms with Crippen molar-refractivity contribution in [1.82, 2.24) is 15.1 Å². The van der Waals surface area contributed by atoms with Crippen molar-refractivity contribution in [1.29, 1.82) is 0 Å². The minimum atomic E-state index is -0.0312. The topological polar surface area (TPSA) is 52.7 Å². The molecule has 0 spiro atoms. The van der Waals surface area contributed by atoms with Crippen LogP contribution in [-0.2, 0) is 15.0 Å². The first-order valence-electron chi connectivity index (χ1n) is 7.64. The van der Waals surface area contributed by atoms with E-state index in [1.54, 1.807) is 26.0 Å². The van der Waals surface area contributed by atoms with Gasteiger partial charge in [0.2, 0.25) is 11.8 Å². The highest BCUT2D eigenvalue weighted by Crippen LogP contribution is 2.47. The first-order valence-corrected chi connectivity index (χ1v) is 7.64. The standard InChI is InChI=1S/C17H25N3O2/c1-19(2)16(22)12-20(3)11-15(21)18-13-17(9-10-17)14-7-5-4-6-8-14/h4-8H,9-13H2,1-3H3,(H,18,21). The zero-order valence-corrected chi connectivity index (χ0v) is 13.6. The van der Waals surface area contributed by atoms with Crippen LogP contribution < -0.4 is 5.32 Å². The second-order valence-corrected chi connectivity index (χ2v) is 6.38. The first kappa shape index (κ1) is 16.5. The Kier molecular flexibility index (Phi) is 5.19. The highest BCUT2D eigenvalue weighted by molar-refractivity contribution is 5.81. The lowest BCUT2D eigenvalue weighted by atomic mass is 9.96. The number of nitrogens with one attached hydrogen (secondary N) is 1. The van der Waals surface area contributed by atoms with Gasteiger partial charge in [0.1, 0.15) is 0 Å². The molecular formula is C17H25N3O2. The van der Waals surface area contributed by atoms with E-state index in [0.717, 1.165) is 12.8 Å². The van der Waals surface area contributed by atoms with Crippen LogP contribution in [0.2, 0.25) is 0 Å². The minimum Gasteiger partial charge on any atom is -0.354 e. The summed E-state index contributed by atoms with van der Waals surface area (Å²) in [5.74, 6) is -0.0329. The quantitative estimate of drug-likeness (QED) is 0.813. The maximum Gasteiger partial charge on any atom is 0.236 e. The number of carbonyl (C=O) groups excluding carboxylic acids is 2. The van der Waals surface area contributed by atoms with E-state index in [9.17, 15) is 9.59 Å². The molecule has 1 saturated carbocycles. The Bertz CT molecular complexity index is 524. The summed E-state index contributed by atoms with van der Waals surface area (Å²) < 4.78 is 0. The summed E-state index contributed by atoms with van der Waals surface area (Å²) in [6.07, 6.45) is 2.23. The van der Waals surface area contributed by atoms with E-state index >= 15 is 0 Å². The van der Waals surface area contributed by atoms with Crippen LogP contribution in [0.5, 0.6) is 0 Å². The molecule has 120 valence electrons. The molecule has 0 aliphatic heterocycles. The van der Waals surface area contributed by atoms with Gasteiger partial charge in [-0.2, -0.15) is 0 Å². The van der Waals surface area contributed by atoms with Crippen LogP contribution in [-0.4, -0.2) is 62.4 Å². The number of rotatable bonds is 7. The lowest BCUT2D eigenvalue weighted by Gasteiger charge is -2.20. The van der Waals surface area contributed by atoms with E-state index < -0.39 is 0 Å². The number of carbonyl (C=O) groups is 2. The van der Waals surface area contributed by atoms with Crippen molar-refractivity contribution < 1.29 is 9.59 Å². The van der Waals surface area contributed by atoms with Crippen LogP contribution in [0.15, 0.2) is 30.3 Å². The normalized spacial score (nSPS) is 15.5. The molecule has 0 saturated heterocycles. The van der Waals surface area contributed by atoms with E-state index in [0.29, 0.717) is 6.54 Å². The molecule has 1 aromatic rings. The number of amides is 2. The number of likely N-dealkylation sites (N-methyl/N-ethyl adjacent to an activating group) is 2. The number of hydrogen-bond acceptors (Lipinski definition) is 3. The molecule has 5 nitrogen and oxygen atoms in total. The van der Waals surface area contributed by atoms with Crippen molar-refractivity contribution in [2.45, 2.75) is 18.3 Å². The van der Waals surface area contributed by atoms with Gasteiger partial charge in [-0.3, -0.25) is 14.5 Å². The molecule has 0 bridgehead atoms. The lowest BCUT2D eigenvalue weighted by Crippen LogP contribution is -2.42. The Morgan fingerprint density at radius 2 is 1.73 bits per heavy atom. The van der Waals surface area contributed by atoms with Crippen molar-refractivity contribution in [3.8, 4) is 0 Å². The molecule has 1 aliphatic carbocycles. The summed E-state index contributed by atoms with van der Waals surface area (Å²) in [6, 6.07) is 10.3. The van der Waals surface area contributed by atoms with Gasteiger partial charge in [-0.1, -0.05) is 30.3 Å². The predicted molar refractivity (Wildman–Crippen MR) is 86.6 cm³/mol. The zero-order valence-electron chi connectivity index (χ0n) is 13.6. The van der Waals surface area contributed by atoms with Gasteiger partial charge in [0.05, 0.1) is 13.1 Å². The largest absolute Gasteiger partial charge is 0.354 e. The molecule has 0 aromatic heterocycles. The van der Waals surface area contributed by atoms with E-state index in [1.807, 2.05) is 18.2 Å². The second kappa shape index (κ2) is 6.92. The maximum absolute atomic E-state index is 12.0. The monoisotopic (exact) mass is 303 g/mol. The Morgan fingerprint density at radius 3 is 2.27 bits per heavy atom. The Balaban J connectivity index is 1.78. The van der Waals surface area contributed by atoms with Crippen molar-refractivity contribution in [3.63, 3.8) is 0 Å². The summed E-state index contributed by atoms with van der Waals surface area (Å²) in [4.78, 5) is 26.9. The van der Waals surface area contributed by atoms with Gasteiger partial charge in [-0.15, -0.1) is 0 Å². The number of benzene rings is 1. The molecule has 1 N–H and O–H groups in total. The fourth-order valence-electron chi connectivity index (χ4n) is 2.51. The van der Waals surface area contributed by atoms with Crippen LogP contribution in [0.4, 0.5) is 0 Å². The lowest BCUT2D eigenvalue weighted by molar-refractivity contribution is -0.130. The summed E-state index contributed by atoms with van der Waals surface area (Å²) in [6.45, 7) is 1.17. The van der Waals surface area contributed by atoms with Gasteiger partial charge in [0.15, 0.2) is 0 Å². The zero-order chi connectivity index (χ0) is 16.2. The molecular weight excluding hydrogens is 278 g/mol. The van der Waals surface area contributed by atoms with Gasteiger partial charge in [-0.25, -0.2) is 0 Å². The van der Waals surface area contributed by atoms with Gasteiger partial charge in [0, 0.05) is 26.1 Å². The van der Waals surface area contributed by atoms with Gasteiger partial charge in [0.25, 0.3) is 0 Å². The molecule has 0 radical (unpaired) electrons. The van der Waals surface area contributed by atoms with Crippen molar-refractivity contribution in [2.24, 2.45) is 0 Å². The van der Waals surface area contributed by atoms with Gasteiger partial charge >= 0.3 is 0 Å². The second-order valence-electron chi connectivity index (χ2n) is 6.38. The summed E-state index contributed by atoms with van der Waals surface area (Å²) >= 11 is 0. The molecule has 0 heterocycles. The Hall–Kier alpha value is -1.88. The van der Waals surface area contributed by atoms with E-state index in [2.05, 4.69) is 17.4 Å². The summed E-state index contributed by atoms with van der Waals surface area (Å²) in [5, 5.41) is 3.01. The molecule has 1 aromatic carbocycles. The minimum absolute atomic E-state index is 0.00162. The molecule has 1 fully saturated rings. The summed E-state index contributed by atoms with van der Waals surface area (Å²) in [7, 11) is 5.21. The fraction of sp³-hybridized carbons (Fsp3) is 0.529. The van der Waals surface area contributed by atoms with Crippen LogP contribution in [0.3, 0.4) is 0 Å². The molecule has 1 aliphatic rings. The van der Waals surface area contributed by atoms with Crippen LogP contribution >= 0.6 is 0 Å². The molecule has 5 heteroatoms. The van der Waals surface area contributed by atoms with Crippen molar-refractivity contribution in [2.75, 3.05) is 40.8 Å². The average molecular weight is 303 g/mol. The first-order chi connectivity index (χ1) is 10.4. The van der Waals surface area contributed by atoms with Gasteiger partial charge in [-0.05, 0) is 25.5 Å². The van der Waals surface area contributed by atoms with Crippen LogP contribution in [0.1, 0.15) is 18.4 Å². The van der Waals surface area contributed by atoms with Crippen molar-refractivity contribution >= 4 is 11.8 Å². The van der Waals surface area contributed by atoms with E-state index in [1.165, 1.54) is 10.5 Å². The molecule has 0 unspecified atom stereocenters. The van der Waals surface area contributed by atoms with E-state index in [-0.39, 0.29) is 30.3 Å². The van der Waals surface area contributed by atoms with Crippen LogP contribution in [0.25, 0.3) is 0 Å². The number of nitrogens with zero attached hydrogens (tertiary/aromatic N) is 2. The SMILES string of the molecule is CN(CC(=O)NCC1(c2ccccc2)CC1)CC(=O)N(C)C. The predicted octanol–water partition coefficient (Wildman–Crippen LogP) is 0.854. The third-order valence-corrected chi connectivity index (χ3v) is 4.18. The Labute approximate surface area is 132 Å². The molecule has 0 atom stereocenters. The highest BCUT2D eigenvalue weighted by Gasteiger charge is 2.44. The van der Waals surface area contributed by atoms with Gasteiger partial charge < -0.3 is 10.2 Å².